The van der Waals surface area contributed by atoms with Crippen LogP contribution in [0.15, 0.2) is 12.4 Å². The van der Waals surface area contributed by atoms with Gasteiger partial charge in [-0.15, -0.1) is 0 Å². The van der Waals surface area contributed by atoms with Crippen molar-refractivity contribution < 1.29 is 9.53 Å². The van der Waals surface area contributed by atoms with Gasteiger partial charge in [-0.3, -0.25) is 0 Å². The van der Waals surface area contributed by atoms with Crippen LogP contribution in [0.1, 0.15) is 52.4 Å². The van der Waals surface area contributed by atoms with Crippen LogP contribution in [0.5, 0.6) is 0 Å². The van der Waals surface area contributed by atoms with Crippen LogP contribution in [0.2, 0.25) is 0 Å². The number of carbonyl (C=O) groups excluding carboxylic acids is 1. The van der Waals surface area contributed by atoms with Crippen molar-refractivity contribution in [2.24, 2.45) is 7.05 Å². The number of carbonyl (C=O) groups is 1. The molecule has 118 valence electrons. The van der Waals surface area contributed by atoms with Gasteiger partial charge in [0, 0.05) is 31.5 Å². The molecule has 6 heteroatoms. The van der Waals surface area contributed by atoms with E-state index in [1.54, 1.807) is 6.20 Å². The van der Waals surface area contributed by atoms with E-state index in [1.165, 1.54) is 0 Å². The molecule has 1 aliphatic rings. The molecule has 0 bridgehead atoms. The quantitative estimate of drug-likeness (QED) is 0.892. The molecule has 0 aromatic carbocycles. The third-order valence-electron chi connectivity index (χ3n) is 3.59. The molecule has 1 atom stereocenters. The summed E-state index contributed by atoms with van der Waals surface area (Å²) in [7, 11) is 1.99. The van der Waals surface area contributed by atoms with Crippen molar-refractivity contribution in [1.29, 1.82) is 0 Å². The van der Waals surface area contributed by atoms with Gasteiger partial charge in [-0.05, 0) is 40.5 Å². The zero-order valence-corrected chi connectivity index (χ0v) is 13.5. The topological polar surface area (TPSA) is 68.2 Å². The van der Waals surface area contributed by atoms with Crippen LogP contribution in [0, 0.1) is 0 Å². The molecular weight excluding hydrogens is 268 g/mol. The Morgan fingerprint density at radius 1 is 1.43 bits per heavy atom. The lowest BCUT2D eigenvalue weighted by Gasteiger charge is -2.38. The van der Waals surface area contributed by atoms with E-state index in [9.17, 15) is 4.79 Å². The lowest BCUT2D eigenvalue weighted by molar-refractivity contribution is 0.0463. The van der Waals surface area contributed by atoms with E-state index in [2.05, 4.69) is 22.5 Å². The molecule has 1 fully saturated rings. The SMILES string of the molecule is CC(NC1CC(NC(=O)OC(C)(C)C)C1)c1nccn1C. The molecule has 1 amide bonds. The minimum atomic E-state index is -0.446. The first-order chi connectivity index (χ1) is 9.74. The summed E-state index contributed by atoms with van der Waals surface area (Å²) >= 11 is 0. The summed E-state index contributed by atoms with van der Waals surface area (Å²) in [6.07, 6.45) is 5.27. The first-order valence-electron chi connectivity index (χ1n) is 7.47. The molecule has 1 aliphatic carbocycles. The number of rotatable bonds is 4. The minimum Gasteiger partial charge on any atom is -0.444 e. The number of amides is 1. The molecular formula is C15H26N4O2. The summed E-state index contributed by atoms with van der Waals surface area (Å²) in [6.45, 7) is 7.71. The van der Waals surface area contributed by atoms with Crippen molar-refractivity contribution in [2.75, 3.05) is 0 Å². The molecule has 2 rings (SSSR count). The van der Waals surface area contributed by atoms with Crippen LogP contribution in [0.3, 0.4) is 0 Å². The Morgan fingerprint density at radius 2 is 2.10 bits per heavy atom. The normalized spacial score (nSPS) is 23.3. The van der Waals surface area contributed by atoms with Crippen molar-refractivity contribution in [3.63, 3.8) is 0 Å². The molecule has 1 aromatic rings. The summed E-state index contributed by atoms with van der Waals surface area (Å²) in [4.78, 5) is 16.0. The maximum Gasteiger partial charge on any atom is 0.407 e. The molecule has 6 nitrogen and oxygen atoms in total. The van der Waals surface area contributed by atoms with Crippen molar-refractivity contribution in [3.8, 4) is 0 Å². The average molecular weight is 294 g/mol. The highest BCUT2D eigenvalue weighted by Gasteiger charge is 2.32. The second-order valence-electron chi connectivity index (χ2n) is 6.80. The van der Waals surface area contributed by atoms with E-state index in [-0.39, 0.29) is 18.2 Å². The van der Waals surface area contributed by atoms with E-state index in [0.29, 0.717) is 6.04 Å². The molecule has 0 radical (unpaired) electrons. The first-order valence-corrected chi connectivity index (χ1v) is 7.47. The van der Waals surface area contributed by atoms with Crippen LogP contribution < -0.4 is 10.6 Å². The lowest BCUT2D eigenvalue weighted by atomic mass is 9.86. The van der Waals surface area contributed by atoms with Gasteiger partial charge in [-0.1, -0.05) is 0 Å². The summed E-state index contributed by atoms with van der Waals surface area (Å²) in [6, 6.07) is 0.819. The second-order valence-corrected chi connectivity index (χ2v) is 6.80. The van der Waals surface area contributed by atoms with E-state index in [0.717, 1.165) is 18.7 Å². The Hall–Kier alpha value is -1.56. The van der Waals surface area contributed by atoms with Gasteiger partial charge < -0.3 is 19.9 Å². The Morgan fingerprint density at radius 3 is 2.62 bits per heavy atom. The summed E-state index contributed by atoms with van der Waals surface area (Å²) in [5, 5.41) is 6.44. The molecule has 0 spiro atoms. The Kier molecular flexibility index (Phi) is 4.56. The lowest BCUT2D eigenvalue weighted by Crippen LogP contribution is -2.53. The third kappa shape index (κ3) is 4.46. The maximum absolute atomic E-state index is 11.7. The fourth-order valence-electron chi connectivity index (χ4n) is 2.57. The second kappa shape index (κ2) is 6.05. The van der Waals surface area contributed by atoms with Crippen LogP contribution >= 0.6 is 0 Å². The van der Waals surface area contributed by atoms with E-state index in [4.69, 9.17) is 4.74 Å². The van der Waals surface area contributed by atoms with Crippen LogP contribution in [-0.2, 0) is 11.8 Å². The fraction of sp³-hybridized carbons (Fsp3) is 0.733. The summed E-state index contributed by atoms with van der Waals surface area (Å²) < 4.78 is 7.27. The van der Waals surface area contributed by atoms with Gasteiger partial charge in [-0.2, -0.15) is 0 Å². The zero-order valence-electron chi connectivity index (χ0n) is 13.5. The van der Waals surface area contributed by atoms with Crippen LogP contribution in [0.25, 0.3) is 0 Å². The van der Waals surface area contributed by atoms with Crippen molar-refractivity contribution in [1.82, 2.24) is 20.2 Å². The smallest absolute Gasteiger partial charge is 0.407 e. The molecule has 0 aliphatic heterocycles. The molecule has 0 saturated heterocycles. The number of hydrogen-bond donors (Lipinski definition) is 2. The predicted octanol–water partition coefficient (Wildman–Crippen LogP) is 2.13. The molecule has 1 unspecified atom stereocenters. The number of imidazole rings is 1. The Labute approximate surface area is 126 Å². The average Bonchev–Trinajstić information content (AvgIpc) is 2.69. The van der Waals surface area contributed by atoms with Gasteiger partial charge in [-0.25, -0.2) is 9.78 Å². The Bertz CT molecular complexity index is 486. The number of alkyl carbamates (subject to hydrolysis) is 1. The summed E-state index contributed by atoms with van der Waals surface area (Å²) in [5.74, 6) is 1.03. The van der Waals surface area contributed by atoms with Gasteiger partial charge in [0.25, 0.3) is 0 Å². The highest BCUT2D eigenvalue weighted by atomic mass is 16.6. The first kappa shape index (κ1) is 15.8. The van der Waals surface area contributed by atoms with E-state index >= 15 is 0 Å². The molecule has 1 heterocycles. The number of aryl methyl sites for hydroxylation is 1. The summed E-state index contributed by atoms with van der Waals surface area (Å²) in [5.41, 5.74) is -0.446. The highest BCUT2D eigenvalue weighted by molar-refractivity contribution is 5.68. The fourth-order valence-corrected chi connectivity index (χ4v) is 2.57. The van der Waals surface area contributed by atoms with Crippen molar-refractivity contribution in [3.05, 3.63) is 18.2 Å². The number of nitrogens with zero attached hydrogens (tertiary/aromatic N) is 2. The zero-order chi connectivity index (χ0) is 15.6. The predicted molar refractivity (Wildman–Crippen MR) is 80.9 cm³/mol. The standard InChI is InChI=1S/C15H26N4O2/c1-10(13-16-6-7-19(13)5)17-11-8-12(9-11)18-14(20)21-15(2,3)4/h6-7,10-12,17H,8-9H2,1-5H3,(H,18,20). The maximum atomic E-state index is 11.7. The van der Waals surface area contributed by atoms with Gasteiger partial charge in [0.1, 0.15) is 11.4 Å². The van der Waals surface area contributed by atoms with Gasteiger partial charge in [0.2, 0.25) is 0 Å². The van der Waals surface area contributed by atoms with Gasteiger partial charge in [0.15, 0.2) is 0 Å². The third-order valence-corrected chi connectivity index (χ3v) is 3.59. The van der Waals surface area contributed by atoms with Crippen LogP contribution in [0.4, 0.5) is 4.79 Å². The molecule has 21 heavy (non-hydrogen) atoms. The number of aromatic nitrogens is 2. The Balaban J connectivity index is 1.70. The van der Waals surface area contributed by atoms with Crippen molar-refractivity contribution >= 4 is 6.09 Å². The molecule has 1 aromatic heterocycles. The largest absolute Gasteiger partial charge is 0.444 e. The van der Waals surface area contributed by atoms with Gasteiger partial charge in [0.05, 0.1) is 6.04 Å². The highest BCUT2D eigenvalue weighted by Crippen LogP contribution is 2.23. The molecule has 2 N–H and O–H groups in total. The van der Waals surface area contributed by atoms with Gasteiger partial charge >= 0.3 is 6.09 Å². The molecule has 1 saturated carbocycles. The minimum absolute atomic E-state index is 0.200. The number of ether oxygens (including phenoxy) is 1. The van der Waals surface area contributed by atoms with Crippen molar-refractivity contribution in [2.45, 2.75) is 64.3 Å². The van der Waals surface area contributed by atoms with E-state index in [1.807, 2.05) is 38.6 Å². The van der Waals surface area contributed by atoms with Crippen LogP contribution in [-0.4, -0.2) is 33.3 Å². The number of nitrogens with one attached hydrogen (secondary N) is 2. The van der Waals surface area contributed by atoms with E-state index < -0.39 is 5.60 Å². The monoisotopic (exact) mass is 294 g/mol. The number of hydrogen-bond acceptors (Lipinski definition) is 4.